The monoisotopic (exact) mass is 170 g/mol. The van der Waals surface area contributed by atoms with Gasteiger partial charge in [0.05, 0.1) is 13.2 Å². The molecular weight excluding hydrogens is 152 g/mol. The minimum atomic E-state index is 0.117. The van der Waals surface area contributed by atoms with Crippen molar-refractivity contribution in [3.05, 3.63) is 0 Å². The third-order valence-electron chi connectivity index (χ3n) is 3.04. The van der Waals surface area contributed by atoms with Gasteiger partial charge in [0.1, 0.15) is 0 Å². The highest BCUT2D eigenvalue weighted by Gasteiger charge is 2.37. The van der Waals surface area contributed by atoms with Crippen molar-refractivity contribution in [2.24, 2.45) is 11.3 Å². The summed E-state index contributed by atoms with van der Waals surface area (Å²) in [4.78, 5) is 0. The van der Waals surface area contributed by atoms with Crippen molar-refractivity contribution in [2.75, 3.05) is 13.2 Å². The Bertz CT molecular complexity index is 159. The minimum absolute atomic E-state index is 0.117. The predicted octanol–water partition coefficient (Wildman–Crippen LogP) is 2.19. The lowest BCUT2D eigenvalue weighted by Gasteiger charge is -2.20. The van der Waals surface area contributed by atoms with Crippen LogP contribution in [0.25, 0.3) is 0 Å². The Balaban J connectivity index is 1.90. The topological polar surface area (TPSA) is 18.5 Å². The van der Waals surface area contributed by atoms with Gasteiger partial charge in [0.15, 0.2) is 6.29 Å². The first-order chi connectivity index (χ1) is 5.67. The summed E-state index contributed by atoms with van der Waals surface area (Å²) < 4.78 is 11.0. The van der Waals surface area contributed by atoms with Crippen LogP contribution in [0.15, 0.2) is 0 Å². The van der Waals surface area contributed by atoms with Gasteiger partial charge < -0.3 is 9.47 Å². The third-order valence-corrected chi connectivity index (χ3v) is 3.04. The highest BCUT2D eigenvalue weighted by atomic mass is 16.7. The third kappa shape index (κ3) is 1.64. The molecule has 2 heteroatoms. The first-order valence-corrected chi connectivity index (χ1v) is 4.91. The lowest BCUT2D eigenvalue weighted by atomic mass is 9.90. The fraction of sp³-hybridized carbons (Fsp3) is 1.00. The summed E-state index contributed by atoms with van der Waals surface area (Å²) in [6.45, 7) is 6.26. The average Bonchev–Trinajstić information content (AvgIpc) is 2.55. The number of ether oxygens (including phenoxy) is 2. The van der Waals surface area contributed by atoms with E-state index in [1.54, 1.807) is 0 Å². The molecule has 0 radical (unpaired) electrons. The van der Waals surface area contributed by atoms with E-state index in [9.17, 15) is 0 Å². The van der Waals surface area contributed by atoms with Crippen LogP contribution in [0.4, 0.5) is 0 Å². The quantitative estimate of drug-likeness (QED) is 0.600. The molecule has 1 saturated carbocycles. The Labute approximate surface area is 74.2 Å². The van der Waals surface area contributed by atoms with Gasteiger partial charge in [-0.05, 0) is 24.7 Å². The first kappa shape index (κ1) is 8.52. The molecule has 1 aliphatic carbocycles. The molecule has 1 unspecified atom stereocenters. The molecule has 0 aromatic rings. The van der Waals surface area contributed by atoms with Crippen molar-refractivity contribution < 1.29 is 9.47 Å². The van der Waals surface area contributed by atoms with Crippen molar-refractivity contribution in [3.8, 4) is 0 Å². The van der Waals surface area contributed by atoms with Crippen LogP contribution in [0, 0.1) is 11.3 Å². The summed E-state index contributed by atoms with van der Waals surface area (Å²) in [6.07, 6.45) is 3.97. The van der Waals surface area contributed by atoms with Gasteiger partial charge in [-0.25, -0.2) is 0 Å². The Kier molecular flexibility index (Phi) is 2.13. The van der Waals surface area contributed by atoms with E-state index in [0.29, 0.717) is 11.3 Å². The van der Waals surface area contributed by atoms with Gasteiger partial charge in [-0.3, -0.25) is 0 Å². The van der Waals surface area contributed by atoms with Gasteiger partial charge in [-0.15, -0.1) is 0 Å². The zero-order chi connectivity index (χ0) is 8.60. The molecule has 2 fully saturated rings. The van der Waals surface area contributed by atoms with Crippen molar-refractivity contribution in [2.45, 2.75) is 39.4 Å². The van der Waals surface area contributed by atoms with E-state index in [4.69, 9.17) is 9.47 Å². The van der Waals surface area contributed by atoms with Gasteiger partial charge in [-0.2, -0.15) is 0 Å². The molecule has 1 saturated heterocycles. The van der Waals surface area contributed by atoms with Crippen molar-refractivity contribution in [1.29, 1.82) is 0 Å². The van der Waals surface area contributed by atoms with Crippen LogP contribution in [-0.4, -0.2) is 19.5 Å². The maximum Gasteiger partial charge on any atom is 0.160 e. The zero-order valence-corrected chi connectivity index (χ0v) is 8.01. The predicted molar refractivity (Wildman–Crippen MR) is 46.8 cm³/mol. The molecule has 12 heavy (non-hydrogen) atoms. The molecule has 0 amide bonds. The number of rotatable bonds is 1. The molecule has 1 aliphatic heterocycles. The molecule has 0 aromatic heterocycles. The normalized spacial score (nSPS) is 36.0. The van der Waals surface area contributed by atoms with E-state index < -0.39 is 0 Å². The van der Waals surface area contributed by atoms with Crippen LogP contribution >= 0.6 is 0 Å². The summed E-state index contributed by atoms with van der Waals surface area (Å²) in [5, 5.41) is 0. The Morgan fingerprint density at radius 1 is 1.17 bits per heavy atom. The second kappa shape index (κ2) is 3.00. The maximum absolute atomic E-state index is 5.51. The molecule has 70 valence electrons. The Morgan fingerprint density at radius 3 is 2.33 bits per heavy atom. The largest absolute Gasteiger partial charge is 0.350 e. The van der Waals surface area contributed by atoms with Crippen LogP contribution in [0.3, 0.4) is 0 Å². The highest BCUT2D eigenvalue weighted by Crippen LogP contribution is 2.43. The number of hydrogen-bond donors (Lipinski definition) is 0. The molecular formula is C10H18O2. The minimum Gasteiger partial charge on any atom is -0.350 e. The lowest BCUT2D eigenvalue weighted by Crippen LogP contribution is -2.20. The SMILES string of the molecule is CC1(C)CCC(C2OCCO2)C1. The molecule has 2 aliphatic rings. The van der Waals surface area contributed by atoms with Crippen molar-refractivity contribution >= 4 is 0 Å². The summed E-state index contributed by atoms with van der Waals surface area (Å²) in [7, 11) is 0. The van der Waals surface area contributed by atoms with E-state index in [-0.39, 0.29) is 6.29 Å². The Morgan fingerprint density at radius 2 is 1.83 bits per heavy atom. The second-order valence-corrected chi connectivity index (χ2v) is 4.78. The van der Waals surface area contributed by atoms with Crippen LogP contribution in [0.5, 0.6) is 0 Å². The fourth-order valence-electron chi connectivity index (χ4n) is 2.37. The molecule has 2 rings (SSSR count). The molecule has 1 atom stereocenters. The number of hydrogen-bond acceptors (Lipinski definition) is 2. The standard InChI is InChI=1S/C10H18O2/c1-10(2)4-3-8(7-10)9-11-5-6-12-9/h8-9H,3-7H2,1-2H3. The molecule has 1 heterocycles. The molecule has 0 aromatic carbocycles. The summed E-state index contributed by atoms with van der Waals surface area (Å²) in [6, 6.07) is 0. The molecule has 0 spiro atoms. The van der Waals surface area contributed by atoms with Gasteiger partial charge in [0.25, 0.3) is 0 Å². The second-order valence-electron chi connectivity index (χ2n) is 4.78. The smallest absolute Gasteiger partial charge is 0.160 e. The summed E-state index contributed by atoms with van der Waals surface area (Å²) in [5.41, 5.74) is 0.514. The molecule has 2 nitrogen and oxygen atoms in total. The maximum atomic E-state index is 5.51. The zero-order valence-electron chi connectivity index (χ0n) is 8.01. The van der Waals surface area contributed by atoms with Crippen LogP contribution in [0.2, 0.25) is 0 Å². The van der Waals surface area contributed by atoms with Crippen LogP contribution in [-0.2, 0) is 9.47 Å². The van der Waals surface area contributed by atoms with Gasteiger partial charge >= 0.3 is 0 Å². The molecule has 0 bridgehead atoms. The lowest BCUT2D eigenvalue weighted by molar-refractivity contribution is -0.0834. The van der Waals surface area contributed by atoms with Crippen LogP contribution in [0.1, 0.15) is 33.1 Å². The summed E-state index contributed by atoms with van der Waals surface area (Å²) >= 11 is 0. The van der Waals surface area contributed by atoms with Crippen LogP contribution < -0.4 is 0 Å². The molecule has 0 N–H and O–H groups in total. The average molecular weight is 170 g/mol. The Hall–Kier alpha value is -0.0800. The van der Waals surface area contributed by atoms with E-state index in [1.165, 1.54) is 19.3 Å². The van der Waals surface area contributed by atoms with E-state index >= 15 is 0 Å². The van der Waals surface area contributed by atoms with Crippen molar-refractivity contribution in [1.82, 2.24) is 0 Å². The first-order valence-electron chi connectivity index (χ1n) is 4.91. The van der Waals surface area contributed by atoms with E-state index in [1.807, 2.05) is 0 Å². The van der Waals surface area contributed by atoms with E-state index in [0.717, 1.165) is 13.2 Å². The van der Waals surface area contributed by atoms with E-state index in [2.05, 4.69) is 13.8 Å². The van der Waals surface area contributed by atoms with Gasteiger partial charge in [-0.1, -0.05) is 13.8 Å². The highest BCUT2D eigenvalue weighted by molar-refractivity contribution is 4.84. The summed E-state index contributed by atoms with van der Waals surface area (Å²) in [5.74, 6) is 0.655. The van der Waals surface area contributed by atoms with Gasteiger partial charge in [0.2, 0.25) is 0 Å². The fourth-order valence-corrected chi connectivity index (χ4v) is 2.37. The van der Waals surface area contributed by atoms with Gasteiger partial charge in [0, 0.05) is 5.92 Å². The van der Waals surface area contributed by atoms with Crippen molar-refractivity contribution in [3.63, 3.8) is 0 Å².